The van der Waals surface area contributed by atoms with Crippen LogP contribution in [0.15, 0.2) is 53.4 Å². The number of benzene rings is 2. The van der Waals surface area contributed by atoms with E-state index in [2.05, 4.69) is 0 Å². The lowest BCUT2D eigenvalue weighted by atomic mass is 10.2. The third-order valence-corrected chi connectivity index (χ3v) is 4.05. The van der Waals surface area contributed by atoms with Gasteiger partial charge in [0.1, 0.15) is 17.9 Å². The van der Waals surface area contributed by atoms with Gasteiger partial charge in [0, 0.05) is 10.7 Å². The molecule has 21 heavy (non-hydrogen) atoms. The second-order valence-electron chi connectivity index (χ2n) is 4.18. The van der Waals surface area contributed by atoms with Gasteiger partial charge < -0.3 is 9.84 Å². The molecule has 0 saturated heterocycles. The zero-order valence-corrected chi connectivity index (χ0v) is 12.3. The quantitative estimate of drug-likeness (QED) is 0.854. The summed E-state index contributed by atoms with van der Waals surface area (Å²) in [6, 6.07) is 12.6. The van der Waals surface area contributed by atoms with Crippen LogP contribution in [0.2, 0.25) is 0 Å². The molecule has 0 aliphatic rings. The van der Waals surface area contributed by atoms with Crippen molar-refractivity contribution in [2.75, 3.05) is 0 Å². The van der Waals surface area contributed by atoms with Crippen LogP contribution < -0.4 is 4.74 Å². The van der Waals surface area contributed by atoms with Gasteiger partial charge in [-0.2, -0.15) is 0 Å². The second-order valence-corrected chi connectivity index (χ2v) is 6.74. The Balaban J connectivity index is 2.29. The molecule has 5 nitrogen and oxygen atoms in total. The molecule has 0 bridgehead atoms. The average Bonchev–Trinajstić information content (AvgIpc) is 2.45. The molecule has 0 radical (unpaired) electrons. The lowest BCUT2D eigenvalue weighted by Crippen LogP contribution is -2.05. The molecule has 0 atom stereocenters. The molecule has 1 N–H and O–H groups in total. The van der Waals surface area contributed by atoms with E-state index in [-0.39, 0.29) is 22.8 Å². The van der Waals surface area contributed by atoms with E-state index in [0.29, 0.717) is 0 Å². The van der Waals surface area contributed by atoms with Crippen LogP contribution in [-0.2, 0) is 15.7 Å². The van der Waals surface area contributed by atoms with Gasteiger partial charge in [0.2, 0.25) is 0 Å². The van der Waals surface area contributed by atoms with Crippen molar-refractivity contribution in [1.29, 1.82) is 0 Å². The highest BCUT2D eigenvalue weighted by Crippen LogP contribution is 2.25. The van der Waals surface area contributed by atoms with E-state index in [1.807, 2.05) is 30.3 Å². The van der Waals surface area contributed by atoms with Crippen molar-refractivity contribution < 1.29 is 23.1 Å². The van der Waals surface area contributed by atoms with E-state index in [4.69, 9.17) is 20.5 Å². The van der Waals surface area contributed by atoms with Crippen LogP contribution in [0.3, 0.4) is 0 Å². The lowest BCUT2D eigenvalue weighted by Gasteiger charge is -2.10. The third-order valence-electron chi connectivity index (χ3n) is 2.70. The summed E-state index contributed by atoms with van der Waals surface area (Å²) in [6.07, 6.45) is 0. The van der Waals surface area contributed by atoms with Crippen molar-refractivity contribution >= 4 is 25.7 Å². The van der Waals surface area contributed by atoms with Gasteiger partial charge >= 0.3 is 5.97 Å². The zero-order chi connectivity index (χ0) is 15.5. The SMILES string of the molecule is O=C(O)c1cc(S(=O)(=O)Cl)ccc1OCc1ccccc1. The lowest BCUT2D eigenvalue weighted by molar-refractivity contribution is 0.0691. The Kier molecular flexibility index (Phi) is 4.50. The Hall–Kier alpha value is -2.05. The van der Waals surface area contributed by atoms with Crippen molar-refractivity contribution in [1.82, 2.24) is 0 Å². The molecular weight excluding hydrogens is 316 g/mol. The predicted molar refractivity (Wildman–Crippen MR) is 77.2 cm³/mol. The van der Waals surface area contributed by atoms with Gasteiger partial charge in [-0.05, 0) is 23.8 Å². The normalized spacial score (nSPS) is 11.1. The van der Waals surface area contributed by atoms with E-state index in [9.17, 15) is 13.2 Å². The first-order valence-corrected chi connectivity index (χ1v) is 8.17. The molecule has 0 aliphatic carbocycles. The Bertz CT molecular complexity index is 756. The fourth-order valence-electron chi connectivity index (χ4n) is 1.69. The summed E-state index contributed by atoms with van der Waals surface area (Å²) in [6.45, 7) is 0.175. The standard InChI is InChI=1S/C14H11ClO5S/c15-21(18,19)11-6-7-13(12(8-11)14(16)17)20-9-10-4-2-1-3-5-10/h1-8H,9H2,(H,16,17). The molecule has 0 saturated carbocycles. The minimum absolute atomic E-state index is 0.0791. The summed E-state index contributed by atoms with van der Waals surface area (Å²) >= 11 is 0. The van der Waals surface area contributed by atoms with Gasteiger partial charge in [0.15, 0.2) is 0 Å². The van der Waals surface area contributed by atoms with Gasteiger partial charge in [-0.3, -0.25) is 0 Å². The van der Waals surface area contributed by atoms with Gasteiger partial charge in [-0.1, -0.05) is 30.3 Å². The fraction of sp³-hybridized carbons (Fsp3) is 0.0714. The first-order valence-electron chi connectivity index (χ1n) is 5.86. The van der Waals surface area contributed by atoms with Crippen LogP contribution >= 0.6 is 10.7 Å². The molecule has 7 heteroatoms. The topological polar surface area (TPSA) is 80.7 Å². The van der Waals surface area contributed by atoms with Crippen molar-refractivity contribution in [2.24, 2.45) is 0 Å². The van der Waals surface area contributed by atoms with Crippen molar-refractivity contribution in [3.05, 3.63) is 59.7 Å². The number of hydrogen-bond acceptors (Lipinski definition) is 4. The van der Waals surface area contributed by atoms with E-state index in [0.717, 1.165) is 11.6 Å². The van der Waals surface area contributed by atoms with Gasteiger partial charge in [-0.25, -0.2) is 13.2 Å². The number of carboxylic acid groups (broad SMARTS) is 1. The summed E-state index contributed by atoms with van der Waals surface area (Å²) < 4.78 is 27.9. The van der Waals surface area contributed by atoms with Crippen molar-refractivity contribution in [3.63, 3.8) is 0 Å². The van der Waals surface area contributed by atoms with E-state index < -0.39 is 15.0 Å². The molecule has 110 valence electrons. The molecule has 0 unspecified atom stereocenters. The number of ether oxygens (including phenoxy) is 1. The molecule has 0 aromatic heterocycles. The van der Waals surface area contributed by atoms with Gasteiger partial charge in [0.05, 0.1) is 4.90 Å². The van der Waals surface area contributed by atoms with Crippen LogP contribution in [0.1, 0.15) is 15.9 Å². The minimum atomic E-state index is -3.99. The molecule has 2 aromatic carbocycles. The van der Waals surface area contributed by atoms with E-state index >= 15 is 0 Å². The highest BCUT2D eigenvalue weighted by molar-refractivity contribution is 8.13. The molecule has 0 heterocycles. The summed E-state index contributed by atoms with van der Waals surface area (Å²) in [5.41, 5.74) is 0.607. The number of halogens is 1. The van der Waals surface area contributed by atoms with Crippen LogP contribution in [0.4, 0.5) is 0 Å². The Morgan fingerprint density at radius 2 is 1.81 bits per heavy atom. The van der Waals surface area contributed by atoms with Crippen LogP contribution in [0, 0.1) is 0 Å². The van der Waals surface area contributed by atoms with Crippen LogP contribution in [0.5, 0.6) is 5.75 Å². The van der Waals surface area contributed by atoms with Crippen molar-refractivity contribution in [2.45, 2.75) is 11.5 Å². The zero-order valence-electron chi connectivity index (χ0n) is 10.7. The summed E-state index contributed by atoms with van der Waals surface area (Å²) in [5.74, 6) is -1.21. The summed E-state index contributed by atoms with van der Waals surface area (Å²) in [4.78, 5) is 10.9. The van der Waals surface area contributed by atoms with Crippen LogP contribution in [-0.4, -0.2) is 19.5 Å². The average molecular weight is 327 g/mol. The molecule has 0 spiro atoms. The highest BCUT2D eigenvalue weighted by atomic mass is 35.7. The third kappa shape index (κ3) is 3.96. The minimum Gasteiger partial charge on any atom is -0.488 e. The van der Waals surface area contributed by atoms with Crippen molar-refractivity contribution in [3.8, 4) is 5.75 Å². The maximum atomic E-state index is 11.2. The maximum absolute atomic E-state index is 11.2. The number of rotatable bonds is 5. The molecule has 2 aromatic rings. The van der Waals surface area contributed by atoms with Gasteiger partial charge in [-0.15, -0.1) is 0 Å². The molecular formula is C14H11ClO5S. The molecule has 0 fully saturated rings. The molecule has 0 amide bonds. The fourth-order valence-corrected chi connectivity index (χ4v) is 2.47. The monoisotopic (exact) mass is 326 g/mol. The first kappa shape index (κ1) is 15.3. The predicted octanol–water partition coefficient (Wildman–Crippen LogP) is 2.89. The van der Waals surface area contributed by atoms with E-state index in [1.165, 1.54) is 12.1 Å². The van der Waals surface area contributed by atoms with E-state index in [1.54, 1.807) is 0 Å². The number of hydrogen-bond donors (Lipinski definition) is 1. The second kappa shape index (κ2) is 6.15. The maximum Gasteiger partial charge on any atom is 0.339 e. The molecule has 0 aliphatic heterocycles. The Morgan fingerprint density at radius 1 is 1.14 bits per heavy atom. The highest BCUT2D eigenvalue weighted by Gasteiger charge is 2.18. The largest absolute Gasteiger partial charge is 0.488 e. The smallest absolute Gasteiger partial charge is 0.339 e. The number of aromatic carboxylic acids is 1. The number of carboxylic acids is 1. The Morgan fingerprint density at radius 3 is 2.38 bits per heavy atom. The summed E-state index contributed by atoms with van der Waals surface area (Å²) in [5, 5.41) is 9.14. The first-order chi connectivity index (χ1) is 9.88. The Labute approximate surface area is 126 Å². The number of carbonyl (C=O) groups is 1. The van der Waals surface area contributed by atoms with Gasteiger partial charge in [0.25, 0.3) is 9.05 Å². The summed E-state index contributed by atoms with van der Waals surface area (Å²) in [7, 11) is 1.21. The van der Waals surface area contributed by atoms with Crippen LogP contribution in [0.25, 0.3) is 0 Å². The molecule has 2 rings (SSSR count).